The number of piperazine rings is 1. The molecule has 192 valence electrons. The van der Waals surface area contributed by atoms with Crippen LogP contribution in [0.5, 0.6) is 5.75 Å². The number of anilines is 2. The first-order valence-electron chi connectivity index (χ1n) is 12.8. The van der Waals surface area contributed by atoms with E-state index in [1.807, 2.05) is 49.4 Å². The molecule has 2 heterocycles. The fraction of sp³-hybridized carbons (Fsp3) is 0.310. The van der Waals surface area contributed by atoms with Crippen molar-refractivity contribution in [2.75, 3.05) is 36.0 Å². The maximum Gasteiger partial charge on any atom is 0.350 e. The standard InChI is InChI=1S/C29H34N6O2/c1-22(30-20-24-6-4-3-5-7-24)23(2)35-29(37)34(21-31-35)27-10-8-25(9-11-27)32-16-18-33(19-17-32)26-12-14-28(36)15-13-26/h3-15,21-23,30,36H,16-20H2,1-2H3. The summed E-state index contributed by atoms with van der Waals surface area (Å²) in [5.74, 6) is 0.288. The third kappa shape index (κ3) is 5.54. The number of phenolic OH excluding ortho intramolecular Hbond substituents is 1. The Bertz CT molecular complexity index is 1340. The van der Waals surface area contributed by atoms with E-state index in [4.69, 9.17) is 0 Å². The van der Waals surface area contributed by atoms with E-state index >= 15 is 0 Å². The average molecular weight is 499 g/mol. The maximum absolute atomic E-state index is 13.2. The van der Waals surface area contributed by atoms with Gasteiger partial charge < -0.3 is 20.2 Å². The lowest BCUT2D eigenvalue weighted by Gasteiger charge is -2.37. The summed E-state index contributed by atoms with van der Waals surface area (Å²) in [6.07, 6.45) is 1.61. The van der Waals surface area contributed by atoms with Crippen molar-refractivity contribution in [1.29, 1.82) is 0 Å². The van der Waals surface area contributed by atoms with Gasteiger partial charge in [-0.1, -0.05) is 30.3 Å². The molecule has 0 spiro atoms. The summed E-state index contributed by atoms with van der Waals surface area (Å²) in [7, 11) is 0. The summed E-state index contributed by atoms with van der Waals surface area (Å²) in [4.78, 5) is 17.9. The van der Waals surface area contributed by atoms with Gasteiger partial charge in [-0.25, -0.2) is 14.0 Å². The average Bonchev–Trinajstić information content (AvgIpc) is 3.33. The Kier molecular flexibility index (Phi) is 7.28. The highest BCUT2D eigenvalue weighted by Crippen LogP contribution is 2.23. The Morgan fingerprint density at radius 1 is 0.811 bits per heavy atom. The number of aromatic nitrogens is 3. The number of hydrogen-bond donors (Lipinski definition) is 2. The Labute approximate surface area is 217 Å². The van der Waals surface area contributed by atoms with Crippen LogP contribution in [0.15, 0.2) is 90.0 Å². The molecule has 2 N–H and O–H groups in total. The number of rotatable bonds is 8. The minimum absolute atomic E-state index is 0.0730. The third-order valence-corrected chi connectivity index (χ3v) is 7.26. The van der Waals surface area contributed by atoms with Crippen molar-refractivity contribution in [2.24, 2.45) is 0 Å². The normalized spacial score (nSPS) is 15.5. The molecule has 0 saturated carbocycles. The minimum Gasteiger partial charge on any atom is -0.508 e. The zero-order valence-corrected chi connectivity index (χ0v) is 21.4. The number of nitrogens with zero attached hydrogens (tertiary/aromatic N) is 5. The Hall–Kier alpha value is -4.04. The van der Waals surface area contributed by atoms with Gasteiger partial charge in [-0.2, -0.15) is 5.10 Å². The van der Waals surface area contributed by atoms with Crippen LogP contribution in [0.25, 0.3) is 5.69 Å². The number of benzene rings is 3. The van der Waals surface area contributed by atoms with Crippen LogP contribution in [0, 0.1) is 0 Å². The highest BCUT2D eigenvalue weighted by molar-refractivity contribution is 5.54. The van der Waals surface area contributed by atoms with Crippen LogP contribution in [0.2, 0.25) is 0 Å². The van der Waals surface area contributed by atoms with E-state index in [-0.39, 0.29) is 23.5 Å². The number of nitrogens with one attached hydrogen (secondary N) is 1. The van der Waals surface area contributed by atoms with Gasteiger partial charge in [0, 0.05) is 50.1 Å². The molecule has 2 unspecified atom stereocenters. The van der Waals surface area contributed by atoms with Crippen LogP contribution >= 0.6 is 0 Å². The molecule has 1 aliphatic rings. The fourth-order valence-electron chi connectivity index (χ4n) is 4.74. The SMILES string of the molecule is CC(NCc1ccccc1)C(C)n1ncn(-c2ccc(N3CCN(c4ccc(O)cc4)CC3)cc2)c1=O. The summed E-state index contributed by atoms with van der Waals surface area (Å²) >= 11 is 0. The van der Waals surface area contributed by atoms with Crippen LogP contribution in [0.4, 0.5) is 11.4 Å². The molecule has 1 saturated heterocycles. The van der Waals surface area contributed by atoms with Crippen molar-refractivity contribution < 1.29 is 5.11 Å². The second-order valence-corrected chi connectivity index (χ2v) is 9.63. The highest BCUT2D eigenvalue weighted by Gasteiger charge is 2.20. The van der Waals surface area contributed by atoms with E-state index in [1.165, 1.54) is 5.56 Å². The van der Waals surface area contributed by atoms with E-state index in [0.29, 0.717) is 0 Å². The predicted molar refractivity (Wildman–Crippen MR) is 148 cm³/mol. The molecule has 1 aliphatic heterocycles. The molecule has 37 heavy (non-hydrogen) atoms. The number of aromatic hydroxyl groups is 1. The molecule has 0 radical (unpaired) electrons. The molecule has 4 aromatic rings. The van der Waals surface area contributed by atoms with Crippen LogP contribution in [0.3, 0.4) is 0 Å². The van der Waals surface area contributed by atoms with E-state index in [0.717, 1.165) is 49.8 Å². The zero-order chi connectivity index (χ0) is 25.8. The van der Waals surface area contributed by atoms with Gasteiger partial charge in [-0.15, -0.1) is 0 Å². The van der Waals surface area contributed by atoms with Gasteiger partial charge in [0.2, 0.25) is 0 Å². The van der Waals surface area contributed by atoms with Gasteiger partial charge in [-0.05, 0) is 67.9 Å². The largest absolute Gasteiger partial charge is 0.508 e. The number of phenols is 1. The summed E-state index contributed by atoms with van der Waals surface area (Å²) in [6, 6.07) is 25.7. The Balaban J connectivity index is 1.20. The molecule has 0 amide bonds. The second kappa shape index (κ2) is 10.9. The molecule has 3 aromatic carbocycles. The zero-order valence-electron chi connectivity index (χ0n) is 21.4. The first kappa shape index (κ1) is 24.6. The first-order valence-corrected chi connectivity index (χ1v) is 12.8. The Morgan fingerprint density at radius 3 is 1.95 bits per heavy atom. The van der Waals surface area contributed by atoms with Gasteiger partial charge >= 0.3 is 5.69 Å². The molecular formula is C29H34N6O2. The molecule has 8 nitrogen and oxygen atoms in total. The first-order chi connectivity index (χ1) is 18.0. The predicted octanol–water partition coefficient (Wildman–Crippen LogP) is 3.81. The van der Waals surface area contributed by atoms with Gasteiger partial charge in [-0.3, -0.25) is 0 Å². The van der Waals surface area contributed by atoms with Gasteiger partial charge in [0.05, 0.1) is 11.7 Å². The van der Waals surface area contributed by atoms with Gasteiger partial charge in [0.15, 0.2) is 0 Å². The molecular weight excluding hydrogens is 464 g/mol. The van der Waals surface area contributed by atoms with Crippen LogP contribution < -0.4 is 20.8 Å². The summed E-state index contributed by atoms with van der Waals surface area (Å²) in [5, 5.41) is 17.4. The smallest absolute Gasteiger partial charge is 0.350 e. The minimum atomic E-state index is -0.142. The molecule has 2 atom stereocenters. The molecule has 5 rings (SSSR count). The lowest BCUT2D eigenvalue weighted by Crippen LogP contribution is -2.46. The summed E-state index contributed by atoms with van der Waals surface area (Å²) in [6.45, 7) is 8.47. The van der Waals surface area contributed by atoms with E-state index < -0.39 is 0 Å². The van der Waals surface area contributed by atoms with E-state index in [1.54, 1.807) is 27.7 Å². The topological polar surface area (TPSA) is 78.6 Å². The third-order valence-electron chi connectivity index (χ3n) is 7.26. The molecule has 0 aliphatic carbocycles. The highest BCUT2D eigenvalue weighted by atomic mass is 16.3. The maximum atomic E-state index is 13.2. The molecule has 1 aromatic heterocycles. The van der Waals surface area contributed by atoms with E-state index in [9.17, 15) is 9.90 Å². The van der Waals surface area contributed by atoms with Crippen LogP contribution in [-0.2, 0) is 6.54 Å². The summed E-state index contributed by atoms with van der Waals surface area (Å²) < 4.78 is 3.16. The van der Waals surface area contributed by atoms with Gasteiger partial charge in [0.1, 0.15) is 12.1 Å². The van der Waals surface area contributed by atoms with Gasteiger partial charge in [0.25, 0.3) is 0 Å². The molecule has 0 bridgehead atoms. The molecule has 8 heteroatoms. The molecule has 1 fully saturated rings. The lowest BCUT2D eigenvalue weighted by molar-refractivity contribution is 0.356. The second-order valence-electron chi connectivity index (χ2n) is 9.63. The van der Waals surface area contributed by atoms with Crippen LogP contribution in [0.1, 0.15) is 25.5 Å². The lowest BCUT2D eigenvalue weighted by atomic mass is 10.1. The monoisotopic (exact) mass is 498 g/mol. The van der Waals surface area contributed by atoms with Crippen molar-refractivity contribution >= 4 is 11.4 Å². The van der Waals surface area contributed by atoms with Crippen molar-refractivity contribution in [2.45, 2.75) is 32.5 Å². The quantitative estimate of drug-likeness (QED) is 0.385. The van der Waals surface area contributed by atoms with E-state index in [2.05, 4.69) is 51.4 Å². The summed E-state index contributed by atoms with van der Waals surface area (Å²) in [5.41, 5.74) is 4.14. The Morgan fingerprint density at radius 2 is 1.35 bits per heavy atom. The van der Waals surface area contributed by atoms with Crippen molar-refractivity contribution in [3.8, 4) is 11.4 Å². The van der Waals surface area contributed by atoms with Crippen molar-refractivity contribution in [3.63, 3.8) is 0 Å². The van der Waals surface area contributed by atoms with Crippen molar-refractivity contribution in [1.82, 2.24) is 19.7 Å². The van der Waals surface area contributed by atoms with Crippen LogP contribution in [-0.4, -0.2) is 51.7 Å². The number of hydrogen-bond acceptors (Lipinski definition) is 6. The van der Waals surface area contributed by atoms with Crippen molar-refractivity contribution in [3.05, 3.63) is 101 Å². The fourth-order valence-corrected chi connectivity index (χ4v) is 4.74.